The summed E-state index contributed by atoms with van der Waals surface area (Å²) in [5, 5.41) is 0. The summed E-state index contributed by atoms with van der Waals surface area (Å²) in [4.78, 5) is 24.8. The third kappa shape index (κ3) is 4.37. The maximum absolute atomic E-state index is 12.7. The van der Waals surface area contributed by atoms with E-state index in [9.17, 15) is 9.59 Å². The number of benzene rings is 1. The molecule has 1 saturated heterocycles. The van der Waals surface area contributed by atoms with Crippen molar-refractivity contribution >= 4 is 11.8 Å². The molecule has 1 aliphatic carbocycles. The fourth-order valence-electron chi connectivity index (χ4n) is 3.38. The van der Waals surface area contributed by atoms with Crippen molar-refractivity contribution in [1.29, 1.82) is 0 Å². The molecule has 0 amide bonds. The van der Waals surface area contributed by atoms with Gasteiger partial charge in [0.05, 0.1) is 5.56 Å². The van der Waals surface area contributed by atoms with E-state index in [2.05, 4.69) is 6.58 Å². The zero-order chi connectivity index (χ0) is 19.3. The first kappa shape index (κ1) is 19.1. The normalized spacial score (nSPS) is 24.6. The van der Waals surface area contributed by atoms with E-state index < -0.39 is 5.41 Å². The molecule has 1 heterocycles. The summed E-state index contributed by atoms with van der Waals surface area (Å²) < 4.78 is 16.3. The van der Waals surface area contributed by atoms with Crippen LogP contribution in [0.4, 0.5) is 0 Å². The highest BCUT2D eigenvalue weighted by molar-refractivity contribution is 5.96. The molecule has 5 heteroatoms. The fraction of sp³-hybridized carbons (Fsp3) is 0.364. The molecule has 1 unspecified atom stereocenters. The summed E-state index contributed by atoms with van der Waals surface area (Å²) in [5.74, 6) is 0.295. The number of carbonyl (C=O) groups is 2. The quantitative estimate of drug-likeness (QED) is 0.538. The lowest BCUT2D eigenvalue weighted by Gasteiger charge is -2.34. The maximum atomic E-state index is 12.7. The second kappa shape index (κ2) is 8.35. The average molecular weight is 368 g/mol. The molecule has 1 aromatic rings. The first-order chi connectivity index (χ1) is 13.0. The highest BCUT2D eigenvalue weighted by Gasteiger charge is 2.44. The van der Waals surface area contributed by atoms with Gasteiger partial charge >= 0.3 is 5.97 Å². The number of rotatable bonds is 7. The smallest absolute Gasteiger partial charge is 0.338 e. The molecule has 142 valence electrons. The molecule has 5 nitrogen and oxygen atoms in total. The molecule has 1 aromatic carbocycles. The molecule has 2 atom stereocenters. The van der Waals surface area contributed by atoms with Gasteiger partial charge in [-0.05, 0) is 43.9 Å². The predicted octanol–water partition coefficient (Wildman–Crippen LogP) is 3.97. The monoisotopic (exact) mass is 368 g/mol. The molecular weight excluding hydrogens is 344 g/mol. The Kier molecular flexibility index (Phi) is 5.91. The van der Waals surface area contributed by atoms with Gasteiger partial charge in [-0.25, -0.2) is 4.79 Å². The lowest BCUT2D eigenvalue weighted by Crippen LogP contribution is -2.37. The number of carbonyl (C=O) groups excluding carboxylic acids is 2. The zero-order valence-electron chi connectivity index (χ0n) is 15.5. The van der Waals surface area contributed by atoms with Gasteiger partial charge in [-0.2, -0.15) is 0 Å². The highest BCUT2D eigenvalue weighted by Crippen LogP contribution is 2.43. The van der Waals surface area contributed by atoms with Gasteiger partial charge in [-0.1, -0.05) is 30.4 Å². The van der Waals surface area contributed by atoms with Crippen LogP contribution in [0, 0.1) is 5.41 Å². The number of fused-ring (bicyclic) bond motifs is 1. The number of hydrogen-bond acceptors (Lipinski definition) is 5. The van der Waals surface area contributed by atoms with Gasteiger partial charge in [0.15, 0.2) is 12.6 Å². The van der Waals surface area contributed by atoms with Crippen LogP contribution in [-0.2, 0) is 19.0 Å². The molecule has 2 aliphatic rings. The largest absolute Gasteiger partial charge is 0.469 e. The number of esters is 1. The van der Waals surface area contributed by atoms with Crippen LogP contribution in [0.1, 0.15) is 36.5 Å². The molecule has 1 fully saturated rings. The van der Waals surface area contributed by atoms with Crippen LogP contribution in [0.25, 0.3) is 0 Å². The zero-order valence-corrected chi connectivity index (χ0v) is 15.5. The Labute approximate surface area is 159 Å². The predicted molar refractivity (Wildman–Crippen MR) is 101 cm³/mol. The van der Waals surface area contributed by atoms with Crippen molar-refractivity contribution in [1.82, 2.24) is 0 Å². The molecule has 27 heavy (non-hydrogen) atoms. The van der Waals surface area contributed by atoms with E-state index in [1.165, 1.54) is 0 Å². The minimum absolute atomic E-state index is 0.0319. The second-order valence-electron chi connectivity index (χ2n) is 7.00. The van der Waals surface area contributed by atoms with Crippen molar-refractivity contribution in [2.24, 2.45) is 5.41 Å². The van der Waals surface area contributed by atoms with Crippen molar-refractivity contribution < 1.29 is 23.8 Å². The van der Waals surface area contributed by atoms with E-state index in [4.69, 9.17) is 14.2 Å². The third-order valence-electron chi connectivity index (χ3n) is 5.00. The minimum atomic E-state index is -0.589. The van der Waals surface area contributed by atoms with Crippen molar-refractivity contribution in [3.05, 3.63) is 72.0 Å². The van der Waals surface area contributed by atoms with Gasteiger partial charge in [0.1, 0.15) is 18.5 Å². The van der Waals surface area contributed by atoms with E-state index in [1.807, 2.05) is 19.1 Å². The molecular formula is C22H24O5. The Morgan fingerprint density at radius 1 is 1.33 bits per heavy atom. The first-order valence-electron chi connectivity index (χ1n) is 9.03. The van der Waals surface area contributed by atoms with E-state index in [0.717, 1.165) is 5.57 Å². The van der Waals surface area contributed by atoms with Crippen molar-refractivity contribution in [2.45, 2.75) is 32.3 Å². The summed E-state index contributed by atoms with van der Waals surface area (Å²) in [7, 11) is 0. The van der Waals surface area contributed by atoms with Crippen LogP contribution >= 0.6 is 0 Å². The van der Waals surface area contributed by atoms with Crippen molar-refractivity contribution in [3.8, 4) is 0 Å². The van der Waals surface area contributed by atoms with Crippen molar-refractivity contribution in [3.63, 3.8) is 0 Å². The maximum Gasteiger partial charge on any atom is 0.338 e. The Bertz CT molecular complexity index is 777. The molecule has 0 aromatic heterocycles. The third-order valence-corrected chi connectivity index (χ3v) is 5.00. The summed E-state index contributed by atoms with van der Waals surface area (Å²) in [6.07, 6.45) is 6.78. The highest BCUT2D eigenvalue weighted by atomic mass is 16.7. The number of ketones is 1. The summed E-state index contributed by atoms with van der Waals surface area (Å²) >= 11 is 0. The number of allylic oxidation sites excluding steroid dienone is 3. The second-order valence-corrected chi connectivity index (χ2v) is 7.00. The number of hydrogen-bond donors (Lipinski definition) is 0. The molecule has 0 radical (unpaired) electrons. The van der Waals surface area contributed by atoms with Crippen LogP contribution in [-0.4, -0.2) is 31.3 Å². The van der Waals surface area contributed by atoms with Crippen LogP contribution in [0.2, 0.25) is 0 Å². The first-order valence-corrected chi connectivity index (χ1v) is 9.03. The Balaban J connectivity index is 1.64. The molecule has 0 saturated carbocycles. The molecule has 3 rings (SSSR count). The topological polar surface area (TPSA) is 61.8 Å². The number of ether oxygens (including phenoxy) is 3. The molecule has 0 spiro atoms. The minimum Gasteiger partial charge on any atom is -0.469 e. The summed E-state index contributed by atoms with van der Waals surface area (Å²) in [6, 6.07) is 8.87. The van der Waals surface area contributed by atoms with Crippen molar-refractivity contribution in [2.75, 3.05) is 13.4 Å². The van der Waals surface area contributed by atoms with Crippen LogP contribution < -0.4 is 0 Å². The van der Waals surface area contributed by atoms with Crippen LogP contribution in [0.15, 0.2) is 66.5 Å². The van der Waals surface area contributed by atoms with E-state index in [0.29, 0.717) is 30.6 Å². The van der Waals surface area contributed by atoms with Gasteiger partial charge in [0, 0.05) is 11.5 Å². The van der Waals surface area contributed by atoms with Gasteiger partial charge < -0.3 is 14.2 Å². The summed E-state index contributed by atoms with van der Waals surface area (Å²) in [6.45, 7) is 6.08. The molecule has 1 aliphatic heterocycles. The SMILES string of the molecule is C=CC[C@@]1(C/C=C(/C)COC(=O)c2ccccc2)CC2OCOC2=CC1=O. The van der Waals surface area contributed by atoms with Gasteiger partial charge in [-0.15, -0.1) is 6.58 Å². The molecule has 0 N–H and O–H groups in total. The molecule has 0 bridgehead atoms. The average Bonchev–Trinajstić information content (AvgIpc) is 3.12. The van der Waals surface area contributed by atoms with Gasteiger partial charge in [0.25, 0.3) is 0 Å². The van der Waals surface area contributed by atoms with Gasteiger partial charge in [-0.3, -0.25) is 4.79 Å². The van der Waals surface area contributed by atoms with E-state index in [1.54, 1.807) is 36.4 Å². The van der Waals surface area contributed by atoms with E-state index in [-0.39, 0.29) is 31.3 Å². The lowest BCUT2D eigenvalue weighted by atomic mass is 9.69. The Hall–Kier alpha value is -2.66. The fourth-order valence-corrected chi connectivity index (χ4v) is 3.38. The van der Waals surface area contributed by atoms with Crippen LogP contribution in [0.3, 0.4) is 0 Å². The lowest BCUT2D eigenvalue weighted by molar-refractivity contribution is -0.126. The van der Waals surface area contributed by atoms with E-state index >= 15 is 0 Å². The van der Waals surface area contributed by atoms with Gasteiger partial charge in [0.2, 0.25) is 0 Å². The Morgan fingerprint density at radius 3 is 2.85 bits per heavy atom. The summed E-state index contributed by atoms with van der Waals surface area (Å²) in [5.41, 5.74) is 0.828. The standard InChI is InChI=1S/C22H24O5/c1-3-10-22(13-19-18(12-20(22)23)26-15-27-19)11-9-16(2)14-25-21(24)17-7-5-4-6-8-17/h3-9,12,19H,1,10-11,13-15H2,2H3/b16-9-/t19?,22-/m1/s1. The van der Waals surface area contributed by atoms with Crippen LogP contribution in [0.5, 0.6) is 0 Å². The Morgan fingerprint density at radius 2 is 2.11 bits per heavy atom.